The lowest BCUT2D eigenvalue weighted by Gasteiger charge is -2.54. The molecule has 4 fully saturated rings. The molecule has 0 radical (unpaired) electrons. The highest BCUT2D eigenvalue weighted by atomic mass is 16.2. The van der Waals surface area contributed by atoms with Gasteiger partial charge in [-0.2, -0.15) is 0 Å². The number of rotatable bonds is 3. The Morgan fingerprint density at radius 2 is 1.57 bits per heavy atom. The molecule has 4 aliphatic carbocycles. The molecule has 21 heavy (non-hydrogen) atoms. The molecule has 4 saturated carbocycles. The minimum Gasteiger partial charge on any atom is -0.351 e. The quantitative estimate of drug-likeness (QED) is 0.896. The minimum absolute atomic E-state index is 0.00123. The lowest BCUT2D eigenvalue weighted by Crippen LogP contribution is -2.57. The molecule has 1 atom stereocenters. The van der Waals surface area contributed by atoms with Crippen LogP contribution < -0.4 is 11.1 Å². The van der Waals surface area contributed by atoms with Crippen LogP contribution in [0.15, 0.2) is 30.3 Å². The summed E-state index contributed by atoms with van der Waals surface area (Å²) >= 11 is 0. The van der Waals surface area contributed by atoms with Gasteiger partial charge < -0.3 is 11.1 Å². The number of carbonyl (C=O) groups is 1. The highest BCUT2D eigenvalue weighted by Crippen LogP contribution is 2.53. The molecule has 4 bridgehead atoms. The Morgan fingerprint density at radius 1 is 1.00 bits per heavy atom. The Labute approximate surface area is 126 Å². The maximum absolute atomic E-state index is 12.5. The standard InChI is InChI=1S/C18H24N2O/c19-16(13-4-2-1-3-5-13)18(21)20-17-14-7-11-6-12(9-14)10-15(17)8-11/h1-5,11-12,14-17H,6-10,19H2,(H,20,21). The van der Waals surface area contributed by atoms with Crippen LogP contribution >= 0.6 is 0 Å². The summed E-state index contributed by atoms with van der Waals surface area (Å²) in [6.45, 7) is 0. The van der Waals surface area contributed by atoms with E-state index in [1.807, 2.05) is 30.3 Å². The second-order valence-electron chi connectivity index (χ2n) is 7.35. The third-order valence-electron chi connectivity index (χ3n) is 5.98. The van der Waals surface area contributed by atoms with Crippen molar-refractivity contribution in [3.05, 3.63) is 35.9 Å². The van der Waals surface area contributed by atoms with Gasteiger partial charge in [0.2, 0.25) is 5.91 Å². The molecule has 1 aromatic rings. The largest absolute Gasteiger partial charge is 0.351 e. The fraction of sp³-hybridized carbons (Fsp3) is 0.611. The number of nitrogens with one attached hydrogen (secondary N) is 1. The highest BCUT2D eigenvalue weighted by molar-refractivity contribution is 5.83. The van der Waals surface area contributed by atoms with Gasteiger partial charge in [-0.05, 0) is 61.3 Å². The molecule has 0 saturated heterocycles. The molecule has 1 aromatic carbocycles. The van der Waals surface area contributed by atoms with E-state index in [4.69, 9.17) is 5.73 Å². The van der Waals surface area contributed by atoms with E-state index in [-0.39, 0.29) is 5.91 Å². The van der Waals surface area contributed by atoms with E-state index in [0.717, 1.165) is 17.4 Å². The zero-order valence-corrected chi connectivity index (χ0v) is 12.4. The minimum atomic E-state index is -0.539. The number of hydrogen-bond acceptors (Lipinski definition) is 2. The van der Waals surface area contributed by atoms with Gasteiger partial charge in [-0.15, -0.1) is 0 Å². The lowest BCUT2D eigenvalue weighted by molar-refractivity contribution is -0.126. The fourth-order valence-electron chi connectivity index (χ4n) is 5.23. The summed E-state index contributed by atoms with van der Waals surface area (Å²) in [7, 11) is 0. The first kappa shape index (κ1) is 13.3. The van der Waals surface area contributed by atoms with Gasteiger partial charge in [0, 0.05) is 6.04 Å². The normalized spacial score (nSPS) is 38.2. The summed E-state index contributed by atoms with van der Waals surface area (Å²) < 4.78 is 0. The maximum atomic E-state index is 12.5. The molecule has 3 heteroatoms. The molecule has 1 unspecified atom stereocenters. The maximum Gasteiger partial charge on any atom is 0.241 e. The van der Waals surface area contributed by atoms with Crippen LogP contribution in [0.25, 0.3) is 0 Å². The first-order chi connectivity index (χ1) is 10.2. The summed E-state index contributed by atoms with van der Waals surface area (Å²) in [6.07, 6.45) is 6.71. The monoisotopic (exact) mass is 284 g/mol. The van der Waals surface area contributed by atoms with Crippen molar-refractivity contribution in [3.63, 3.8) is 0 Å². The van der Waals surface area contributed by atoms with E-state index in [9.17, 15) is 4.79 Å². The Kier molecular flexibility index (Phi) is 3.26. The van der Waals surface area contributed by atoms with Crippen LogP contribution in [0.3, 0.4) is 0 Å². The highest BCUT2D eigenvalue weighted by Gasteiger charge is 2.48. The van der Waals surface area contributed by atoms with Gasteiger partial charge in [0.05, 0.1) is 0 Å². The van der Waals surface area contributed by atoms with Crippen molar-refractivity contribution in [2.24, 2.45) is 29.4 Å². The fourth-order valence-corrected chi connectivity index (χ4v) is 5.23. The van der Waals surface area contributed by atoms with Crippen molar-refractivity contribution in [1.82, 2.24) is 5.32 Å². The van der Waals surface area contributed by atoms with Gasteiger partial charge in [-0.25, -0.2) is 0 Å². The first-order valence-electron chi connectivity index (χ1n) is 8.31. The van der Waals surface area contributed by atoms with Crippen molar-refractivity contribution in [2.75, 3.05) is 0 Å². The predicted molar refractivity (Wildman–Crippen MR) is 82.3 cm³/mol. The summed E-state index contributed by atoms with van der Waals surface area (Å²) in [5.41, 5.74) is 7.03. The molecule has 112 valence electrons. The van der Waals surface area contributed by atoms with E-state index in [2.05, 4.69) is 5.32 Å². The average molecular weight is 284 g/mol. The molecule has 4 aliphatic rings. The summed E-state index contributed by atoms with van der Waals surface area (Å²) in [6, 6.07) is 9.52. The van der Waals surface area contributed by atoms with E-state index < -0.39 is 6.04 Å². The molecule has 5 rings (SSSR count). The summed E-state index contributed by atoms with van der Waals surface area (Å²) in [5.74, 6) is 3.27. The number of nitrogens with two attached hydrogens (primary N) is 1. The molecule has 0 heterocycles. The van der Waals surface area contributed by atoms with Crippen LogP contribution in [0, 0.1) is 23.7 Å². The zero-order valence-electron chi connectivity index (χ0n) is 12.4. The number of hydrogen-bond donors (Lipinski definition) is 2. The Bertz CT molecular complexity index is 499. The topological polar surface area (TPSA) is 55.1 Å². The van der Waals surface area contributed by atoms with E-state index in [0.29, 0.717) is 17.9 Å². The molecule has 3 N–H and O–H groups in total. The third-order valence-corrected chi connectivity index (χ3v) is 5.98. The van der Waals surface area contributed by atoms with Crippen LogP contribution in [0.2, 0.25) is 0 Å². The van der Waals surface area contributed by atoms with Gasteiger partial charge in [-0.1, -0.05) is 30.3 Å². The van der Waals surface area contributed by atoms with Crippen molar-refractivity contribution in [3.8, 4) is 0 Å². The van der Waals surface area contributed by atoms with Gasteiger partial charge in [0.25, 0.3) is 0 Å². The lowest BCUT2D eigenvalue weighted by atomic mass is 9.54. The van der Waals surface area contributed by atoms with Gasteiger partial charge in [-0.3, -0.25) is 4.79 Å². The molecular formula is C18H24N2O. The Morgan fingerprint density at radius 3 is 2.14 bits per heavy atom. The van der Waals surface area contributed by atoms with Gasteiger partial charge in [0.1, 0.15) is 6.04 Å². The zero-order chi connectivity index (χ0) is 14.4. The second kappa shape index (κ2) is 5.13. The molecule has 0 aromatic heterocycles. The van der Waals surface area contributed by atoms with Crippen molar-refractivity contribution >= 4 is 5.91 Å². The second-order valence-corrected chi connectivity index (χ2v) is 7.35. The molecule has 1 amide bonds. The molecule has 0 spiro atoms. The molecule has 0 aliphatic heterocycles. The number of benzene rings is 1. The van der Waals surface area contributed by atoms with E-state index in [1.165, 1.54) is 32.1 Å². The van der Waals surface area contributed by atoms with Crippen LogP contribution in [-0.2, 0) is 4.79 Å². The predicted octanol–water partition coefficient (Wildman–Crippen LogP) is 2.63. The van der Waals surface area contributed by atoms with Crippen LogP contribution in [0.1, 0.15) is 43.7 Å². The van der Waals surface area contributed by atoms with Crippen LogP contribution in [0.4, 0.5) is 0 Å². The van der Waals surface area contributed by atoms with E-state index >= 15 is 0 Å². The molecular weight excluding hydrogens is 260 g/mol. The number of amides is 1. The average Bonchev–Trinajstić information content (AvgIpc) is 2.50. The third kappa shape index (κ3) is 2.38. The van der Waals surface area contributed by atoms with E-state index in [1.54, 1.807) is 0 Å². The van der Waals surface area contributed by atoms with Crippen molar-refractivity contribution in [1.29, 1.82) is 0 Å². The smallest absolute Gasteiger partial charge is 0.241 e. The SMILES string of the molecule is NC(C(=O)NC1C2CC3CC(C2)CC1C3)c1ccccc1. The Hall–Kier alpha value is -1.35. The van der Waals surface area contributed by atoms with Crippen molar-refractivity contribution in [2.45, 2.75) is 44.2 Å². The number of carbonyl (C=O) groups excluding carboxylic acids is 1. The Balaban J connectivity index is 1.45. The van der Waals surface area contributed by atoms with Gasteiger partial charge >= 0.3 is 0 Å². The molecule has 3 nitrogen and oxygen atoms in total. The first-order valence-corrected chi connectivity index (χ1v) is 8.31. The van der Waals surface area contributed by atoms with Crippen molar-refractivity contribution < 1.29 is 4.79 Å². The van der Waals surface area contributed by atoms with Gasteiger partial charge in [0.15, 0.2) is 0 Å². The summed E-state index contributed by atoms with van der Waals surface area (Å²) in [5, 5.41) is 3.30. The van der Waals surface area contributed by atoms with Crippen LogP contribution in [0.5, 0.6) is 0 Å². The van der Waals surface area contributed by atoms with Crippen LogP contribution in [-0.4, -0.2) is 11.9 Å². The summed E-state index contributed by atoms with van der Waals surface area (Å²) in [4.78, 5) is 12.5.